The van der Waals surface area contributed by atoms with E-state index in [0.29, 0.717) is 54.6 Å². The Kier molecular flexibility index (Phi) is 8.92. The molecule has 41 heavy (non-hydrogen) atoms. The molecule has 1 fully saturated rings. The maximum Gasteiger partial charge on any atom is 0.243 e. The average molecular weight is 551 g/mol. The van der Waals surface area contributed by atoms with E-state index in [-0.39, 0.29) is 5.91 Å². The molecule has 1 saturated heterocycles. The van der Waals surface area contributed by atoms with Gasteiger partial charge in [0.05, 0.1) is 31.3 Å². The van der Waals surface area contributed by atoms with Gasteiger partial charge in [0.1, 0.15) is 5.69 Å². The highest BCUT2D eigenvalue weighted by Crippen LogP contribution is 2.30. The van der Waals surface area contributed by atoms with Crippen molar-refractivity contribution in [1.82, 2.24) is 20.2 Å². The highest BCUT2D eigenvalue weighted by molar-refractivity contribution is 5.88. The zero-order valence-electron chi connectivity index (χ0n) is 23.4. The second-order valence-electron chi connectivity index (χ2n) is 9.96. The van der Waals surface area contributed by atoms with Gasteiger partial charge in [0.2, 0.25) is 5.91 Å². The van der Waals surface area contributed by atoms with Gasteiger partial charge in [-0.1, -0.05) is 48.5 Å². The second kappa shape index (κ2) is 13.1. The summed E-state index contributed by atoms with van der Waals surface area (Å²) in [6.45, 7) is 4.19. The number of hydrogen-bond donors (Lipinski definition) is 1. The van der Waals surface area contributed by atoms with E-state index in [9.17, 15) is 10.1 Å². The molecule has 9 heteroatoms. The molecule has 0 spiro atoms. The molecule has 1 aromatic heterocycles. The van der Waals surface area contributed by atoms with Gasteiger partial charge in [0.25, 0.3) is 0 Å². The van der Waals surface area contributed by atoms with Crippen LogP contribution in [0.3, 0.4) is 0 Å². The number of carbonyl (C=O) groups is 1. The number of rotatable bonds is 10. The van der Waals surface area contributed by atoms with E-state index in [0.717, 1.165) is 36.3 Å². The first-order valence-corrected chi connectivity index (χ1v) is 13.8. The summed E-state index contributed by atoms with van der Waals surface area (Å²) in [5, 5.41) is 13.1. The van der Waals surface area contributed by atoms with Crippen LogP contribution in [0.2, 0.25) is 0 Å². The largest absolute Gasteiger partial charge is 0.493 e. The van der Waals surface area contributed by atoms with Crippen molar-refractivity contribution in [3.8, 4) is 17.6 Å². The Morgan fingerprint density at radius 1 is 0.902 bits per heavy atom. The molecule has 1 N–H and O–H groups in total. The summed E-state index contributed by atoms with van der Waals surface area (Å²) in [5.74, 6) is 0.590. The number of nitrogens with one attached hydrogen (secondary N) is 1. The minimum absolute atomic E-state index is 0.360. The normalized spacial score (nSPS) is 14.3. The molecule has 0 radical (unpaired) electrons. The molecule has 1 atom stereocenters. The third kappa shape index (κ3) is 6.56. The Labute approximate surface area is 240 Å². The van der Waals surface area contributed by atoms with Crippen molar-refractivity contribution in [2.24, 2.45) is 0 Å². The highest BCUT2D eigenvalue weighted by Gasteiger charge is 2.30. The lowest BCUT2D eigenvalue weighted by atomic mass is 10.0. The van der Waals surface area contributed by atoms with Gasteiger partial charge < -0.3 is 19.7 Å². The van der Waals surface area contributed by atoms with Crippen LogP contribution in [0.15, 0.2) is 72.8 Å². The van der Waals surface area contributed by atoms with E-state index in [1.54, 1.807) is 14.2 Å². The van der Waals surface area contributed by atoms with Crippen LogP contribution in [-0.4, -0.2) is 67.7 Å². The molecule has 9 nitrogen and oxygen atoms in total. The van der Waals surface area contributed by atoms with E-state index < -0.39 is 5.92 Å². The van der Waals surface area contributed by atoms with Gasteiger partial charge in [0.15, 0.2) is 23.2 Å². The first kappa shape index (κ1) is 27.9. The molecule has 210 valence electrons. The van der Waals surface area contributed by atoms with E-state index in [2.05, 4.69) is 27.3 Å². The Morgan fingerprint density at radius 3 is 2.27 bits per heavy atom. The van der Waals surface area contributed by atoms with Gasteiger partial charge in [-0.15, -0.1) is 0 Å². The number of anilines is 1. The minimum atomic E-state index is -1.07. The lowest BCUT2D eigenvalue weighted by Gasteiger charge is -2.36. The predicted octanol–water partition coefficient (Wildman–Crippen LogP) is 3.94. The molecular formula is C32H34N6O3. The SMILES string of the molecule is COc1ccc(CN2CCN(c3nc4ccccc4nc3C(C#N)C(=O)NCCc3ccccc3)CC2)cc1OC. The number of para-hydroxylation sites is 2. The Balaban J connectivity index is 1.31. The standard InChI is InChI=1S/C32H34N6O3/c1-40-28-13-12-24(20-29(28)41-2)22-37-16-18-38(19-17-37)31-30(35-26-10-6-7-11-27(26)36-31)25(21-33)32(39)34-15-14-23-8-4-3-5-9-23/h3-13,20,25H,14-19,22H2,1-2H3,(H,34,39). The van der Waals surface area contributed by atoms with E-state index in [1.165, 1.54) is 0 Å². The van der Waals surface area contributed by atoms with Crippen LogP contribution in [0.5, 0.6) is 11.5 Å². The van der Waals surface area contributed by atoms with E-state index in [1.807, 2.05) is 66.7 Å². The van der Waals surface area contributed by atoms with Crippen molar-refractivity contribution >= 4 is 22.8 Å². The number of nitriles is 1. The van der Waals surface area contributed by atoms with E-state index >= 15 is 0 Å². The number of carbonyl (C=O) groups excluding carboxylic acids is 1. The van der Waals surface area contributed by atoms with Crippen LogP contribution in [-0.2, 0) is 17.8 Å². The van der Waals surface area contributed by atoms with Gasteiger partial charge in [0, 0.05) is 39.3 Å². The summed E-state index contributed by atoms with van der Waals surface area (Å²) < 4.78 is 10.8. The summed E-state index contributed by atoms with van der Waals surface area (Å²) >= 11 is 0. The number of ether oxygens (including phenoxy) is 2. The van der Waals surface area contributed by atoms with Crippen LogP contribution in [0.25, 0.3) is 11.0 Å². The van der Waals surface area contributed by atoms with Crippen LogP contribution in [0.4, 0.5) is 5.82 Å². The third-order valence-electron chi connectivity index (χ3n) is 7.32. The van der Waals surface area contributed by atoms with Crippen molar-refractivity contribution in [2.45, 2.75) is 18.9 Å². The summed E-state index contributed by atoms with van der Waals surface area (Å²) in [4.78, 5) is 27.5. The smallest absolute Gasteiger partial charge is 0.243 e. The van der Waals surface area contributed by atoms with Gasteiger partial charge in [-0.25, -0.2) is 9.97 Å². The summed E-state index contributed by atoms with van der Waals surface area (Å²) in [6, 6.07) is 25.7. The molecule has 1 aliphatic rings. The fraction of sp³-hybridized carbons (Fsp3) is 0.312. The van der Waals surface area contributed by atoms with Crippen LogP contribution >= 0.6 is 0 Å². The minimum Gasteiger partial charge on any atom is -0.493 e. The second-order valence-corrected chi connectivity index (χ2v) is 9.96. The molecule has 1 aliphatic heterocycles. The number of hydrogen-bond acceptors (Lipinski definition) is 8. The van der Waals surface area contributed by atoms with Crippen molar-refractivity contribution in [3.05, 3.63) is 89.6 Å². The fourth-order valence-electron chi connectivity index (χ4n) is 5.11. The maximum atomic E-state index is 13.2. The van der Waals surface area contributed by atoms with Crippen molar-refractivity contribution < 1.29 is 14.3 Å². The lowest BCUT2D eigenvalue weighted by Crippen LogP contribution is -2.47. The molecule has 3 aromatic carbocycles. The number of methoxy groups -OCH3 is 2. The molecule has 0 aliphatic carbocycles. The molecule has 2 heterocycles. The molecule has 1 unspecified atom stereocenters. The zero-order valence-corrected chi connectivity index (χ0v) is 23.4. The number of fused-ring (bicyclic) bond motifs is 1. The molecule has 0 bridgehead atoms. The Morgan fingerprint density at radius 2 is 1.59 bits per heavy atom. The number of amides is 1. The molecule has 4 aromatic rings. The number of piperazine rings is 1. The van der Waals surface area contributed by atoms with Crippen LogP contribution in [0.1, 0.15) is 22.7 Å². The summed E-state index contributed by atoms with van der Waals surface area (Å²) in [5.41, 5.74) is 4.06. The van der Waals surface area contributed by atoms with E-state index in [4.69, 9.17) is 19.4 Å². The first-order chi connectivity index (χ1) is 20.1. The lowest BCUT2D eigenvalue weighted by molar-refractivity contribution is -0.121. The molecule has 1 amide bonds. The quantitative estimate of drug-likeness (QED) is 0.317. The Hall–Kier alpha value is -4.68. The van der Waals surface area contributed by atoms with Gasteiger partial charge in [-0.3, -0.25) is 9.69 Å². The zero-order chi connectivity index (χ0) is 28.6. The monoisotopic (exact) mass is 550 g/mol. The molecular weight excluding hydrogens is 516 g/mol. The predicted molar refractivity (Wildman–Crippen MR) is 158 cm³/mol. The summed E-state index contributed by atoms with van der Waals surface area (Å²) in [6.07, 6.45) is 0.684. The van der Waals surface area contributed by atoms with Crippen molar-refractivity contribution in [3.63, 3.8) is 0 Å². The average Bonchev–Trinajstić information content (AvgIpc) is 3.02. The van der Waals surface area contributed by atoms with Gasteiger partial charge in [-0.2, -0.15) is 5.26 Å². The number of benzene rings is 3. The third-order valence-corrected chi connectivity index (χ3v) is 7.32. The van der Waals surface area contributed by atoms with Gasteiger partial charge >= 0.3 is 0 Å². The van der Waals surface area contributed by atoms with Crippen molar-refractivity contribution in [1.29, 1.82) is 5.26 Å². The highest BCUT2D eigenvalue weighted by atomic mass is 16.5. The maximum absolute atomic E-state index is 13.2. The first-order valence-electron chi connectivity index (χ1n) is 13.8. The fourth-order valence-corrected chi connectivity index (χ4v) is 5.11. The van der Waals surface area contributed by atoms with Crippen molar-refractivity contribution in [2.75, 3.05) is 51.8 Å². The Bertz CT molecular complexity index is 1530. The number of nitrogens with zero attached hydrogens (tertiary/aromatic N) is 5. The number of aromatic nitrogens is 2. The van der Waals surface area contributed by atoms with Crippen LogP contribution in [0, 0.1) is 11.3 Å². The van der Waals surface area contributed by atoms with Gasteiger partial charge in [-0.05, 0) is 41.8 Å². The van der Waals surface area contributed by atoms with Crippen LogP contribution < -0.4 is 19.7 Å². The topological polar surface area (TPSA) is 104 Å². The molecule has 0 saturated carbocycles. The molecule has 5 rings (SSSR count). The summed E-state index contributed by atoms with van der Waals surface area (Å²) in [7, 11) is 3.27.